The third-order valence-electron chi connectivity index (χ3n) is 5.23. The summed E-state index contributed by atoms with van der Waals surface area (Å²) in [4.78, 5) is 51.0. The van der Waals surface area contributed by atoms with Gasteiger partial charge in [-0.25, -0.2) is 0 Å². The molecule has 0 spiro atoms. The summed E-state index contributed by atoms with van der Waals surface area (Å²) in [5, 5.41) is 0. The van der Waals surface area contributed by atoms with Crippen molar-refractivity contribution in [1.29, 1.82) is 0 Å². The molecule has 1 saturated heterocycles. The van der Waals surface area contributed by atoms with Crippen LogP contribution in [0.1, 0.15) is 83.1 Å². The fourth-order valence-electron chi connectivity index (χ4n) is 2.76. The van der Waals surface area contributed by atoms with Crippen LogP contribution in [0.15, 0.2) is 0 Å². The van der Waals surface area contributed by atoms with Crippen LogP contribution >= 0.6 is 0 Å². The molecule has 0 aromatic carbocycles. The predicted octanol–water partition coefficient (Wildman–Crippen LogP) is 3.13. The van der Waals surface area contributed by atoms with Gasteiger partial charge in [-0.05, 0) is 83.1 Å². The van der Waals surface area contributed by atoms with Crippen molar-refractivity contribution in [3.8, 4) is 0 Å². The first-order valence-electron chi connectivity index (χ1n) is 12.2. The highest BCUT2D eigenvalue weighted by Gasteiger charge is 2.53. The first-order valence-corrected chi connectivity index (χ1v) is 12.2. The zero-order valence-electron chi connectivity index (χ0n) is 23.8. The Bertz CT molecular complexity index is 824. The minimum Gasteiger partial charge on any atom is -0.462 e. The number of carbonyl (C=O) groups is 4. The largest absolute Gasteiger partial charge is 0.462 e. The normalized spacial score (nSPS) is 25.5. The molecule has 0 aromatic rings. The van der Waals surface area contributed by atoms with E-state index >= 15 is 0 Å². The van der Waals surface area contributed by atoms with Crippen molar-refractivity contribution in [1.82, 2.24) is 0 Å². The quantitative estimate of drug-likeness (QED) is 0.429. The molecule has 0 bridgehead atoms. The average Bonchev–Trinajstić information content (AvgIpc) is 2.67. The van der Waals surface area contributed by atoms with Crippen LogP contribution in [0.4, 0.5) is 0 Å². The maximum absolute atomic E-state index is 12.9. The van der Waals surface area contributed by atoms with Crippen molar-refractivity contribution in [3.05, 3.63) is 0 Å². The molecule has 10 heteroatoms. The number of hydrogen-bond acceptors (Lipinski definition) is 10. The van der Waals surface area contributed by atoms with E-state index in [4.69, 9.17) is 29.4 Å². The Labute approximate surface area is 214 Å². The minimum atomic E-state index is -1.31. The molecule has 1 heterocycles. The summed E-state index contributed by atoms with van der Waals surface area (Å²) < 4.78 is 28.5. The van der Waals surface area contributed by atoms with Crippen molar-refractivity contribution < 1.29 is 42.9 Å². The number of ether oxygens (including phenoxy) is 5. The minimum absolute atomic E-state index is 0.324. The fraction of sp³-hybridized carbons (Fsp3) is 0.846. The number of esters is 4. The third-order valence-corrected chi connectivity index (χ3v) is 5.23. The molecule has 2 N–H and O–H groups in total. The van der Waals surface area contributed by atoms with Gasteiger partial charge in [-0.15, -0.1) is 0 Å². The second kappa shape index (κ2) is 11.0. The molecule has 10 nitrogen and oxygen atoms in total. The van der Waals surface area contributed by atoms with Crippen LogP contribution in [0.25, 0.3) is 0 Å². The Morgan fingerprint density at radius 2 is 0.917 bits per heavy atom. The second-order valence-electron chi connectivity index (χ2n) is 13.3. The van der Waals surface area contributed by atoms with Gasteiger partial charge in [0.15, 0.2) is 18.3 Å². The Kier molecular flexibility index (Phi) is 9.77. The maximum Gasteiger partial charge on any atom is 0.311 e. The molecule has 5 atom stereocenters. The van der Waals surface area contributed by atoms with E-state index in [-0.39, 0.29) is 6.61 Å². The summed E-state index contributed by atoms with van der Waals surface area (Å²) in [6.07, 6.45) is -6.20. The van der Waals surface area contributed by atoms with Gasteiger partial charge in [-0.1, -0.05) is 0 Å². The lowest BCUT2D eigenvalue weighted by Gasteiger charge is -2.45. The van der Waals surface area contributed by atoms with Crippen LogP contribution in [0.3, 0.4) is 0 Å². The lowest BCUT2D eigenvalue weighted by atomic mass is 9.92. The molecule has 0 aromatic heterocycles. The Morgan fingerprint density at radius 1 is 0.583 bits per heavy atom. The second-order valence-corrected chi connectivity index (χ2v) is 13.3. The van der Waals surface area contributed by atoms with Gasteiger partial charge in [0, 0.05) is 0 Å². The monoisotopic (exact) mass is 515 g/mol. The molecule has 36 heavy (non-hydrogen) atoms. The maximum atomic E-state index is 12.9. The molecular weight excluding hydrogens is 470 g/mol. The van der Waals surface area contributed by atoms with Crippen molar-refractivity contribution >= 4 is 23.9 Å². The first kappa shape index (κ1) is 31.8. The summed E-state index contributed by atoms with van der Waals surface area (Å²) in [7, 11) is 0. The average molecular weight is 516 g/mol. The van der Waals surface area contributed by atoms with E-state index in [0.717, 1.165) is 0 Å². The topological polar surface area (TPSA) is 140 Å². The molecule has 1 fully saturated rings. The number of carbonyl (C=O) groups excluding carboxylic acids is 4. The zero-order chi connectivity index (χ0) is 28.4. The van der Waals surface area contributed by atoms with Crippen molar-refractivity contribution in [3.63, 3.8) is 0 Å². The van der Waals surface area contributed by atoms with Gasteiger partial charge in [0.25, 0.3) is 0 Å². The van der Waals surface area contributed by atoms with Gasteiger partial charge in [0.1, 0.15) is 18.9 Å². The predicted molar refractivity (Wildman–Crippen MR) is 131 cm³/mol. The van der Waals surface area contributed by atoms with Gasteiger partial charge < -0.3 is 29.4 Å². The van der Waals surface area contributed by atoms with Gasteiger partial charge >= 0.3 is 23.9 Å². The lowest BCUT2D eigenvalue weighted by molar-refractivity contribution is -0.259. The van der Waals surface area contributed by atoms with Crippen LogP contribution in [0.5, 0.6) is 0 Å². The summed E-state index contributed by atoms with van der Waals surface area (Å²) in [5.41, 5.74) is 2.71. The number of nitrogens with two attached hydrogens (primary N) is 1. The summed E-state index contributed by atoms with van der Waals surface area (Å²) in [6, 6.07) is 0. The molecule has 1 aliphatic rings. The van der Waals surface area contributed by atoms with Crippen LogP contribution in [-0.4, -0.2) is 61.1 Å². The van der Waals surface area contributed by atoms with Crippen molar-refractivity contribution in [2.75, 3.05) is 6.61 Å². The first-order chi connectivity index (χ1) is 16.0. The van der Waals surface area contributed by atoms with E-state index in [1.54, 1.807) is 83.1 Å². The third kappa shape index (κ3) is 8.73. The highest BCUT2D eigenvalue weighted by Crippen LogP contribution is 2.32. The lowest BCUT2D eigenvalue weighted by Crippen LogP contribution is -2.65. The Morgan fingerprint density at radius 3 is 1.28 bits per heavy atom. The van der Waals surface area contributed by atoms with E-state index in [0.29, 0.717) is 0 Å². The zero-order valence-corrected chi connectivity index (χ0v) is 23.8. The van der Waals surface area contributed by atoms with Crippen LogP contribution in [0, 0.1) is 21.7 Å². The summed E-state index contributed by atoms with van der Waals surface area (Å²) in [5.74, 6) is -2.36. The van der Waals surface area contributed by atoms with E-state index in [2.05, 4.69) is 0 Å². The molecule has 0 radical (unpaired) electrons. The van der Waals surface area contributed by atoms with E-state index in [9.17, 15) is 19.2 Å². The summed E-state index contributed by atoms with van der Waals surface area (Å²) >= 11 is 0. The molecule has 208 valence electrons. The number of hydrogen-bond donors (Lipinski definition) is 1. The van der Waals surface area contributed by atoms with Crippen LogP contribution < -0.4 is 5.73 Å². The van der Waals surface area contributed by atoms with Crippen molar-refractivity contribution in [2.45, 2.75) is 114 Å². The molecule has 0 amide bonds. The Balaban J connectivity index is 3.50. The molecule has 1 aliphatic heterocycles. The van der Waals surface area contributed by atoms with E-state index in [1.807, 2.05) is 0 Å². The smallest absolute Gasteiger partial charge is 0.311 e. The molecule has 0 aliphatic carbocycles. The highest BCUT2D eigenvalue weighted by molar-refractivity contribution is 5.78. The van der Waals surface area contributed by atoms with E-state index < -0.39 is 76.2 Å². The Hall–Kier alpha value is -2.20. The van der Waals surface area contributed by atoms with Crippen LogP contribution in [-0.2, 0) is 42.9 Å². The molecular formula is C26H45NO9. The fourth-order valence-corrected chi connectivity index (χ4v) is 2.76. The highest BCUT2D eigenvalue weighted by atomic mass is 16.7. The molecule has 0 unspecified atom stereocenters. The van der Waals surface area contributed by atoms with Gasteiger partial charge in [0.2, 0.25) is 0 Å². The van der Waals surface area contributed by atoms with Gasteiger partial charge in [-0.3, -0.25) is 19.2 Å². The van der Waals surface area contributed by atoms with Crippen molar-refractivity contribution in [2.24, 2.45) is 27.4 Å². The molecule has 1 rings (SSSR count). The number of rotatable bonds is 5. The molecule has 0 saturated carbocycles. The summed E-state index contributed by atoms with van der Waals surface area (Å²) in [6.45, 7) is 19.7. The van der Waals surface area contributed by atoms with Gasteiger partial charge in [0.05, 0.1) is 21.7 Å². The SMILES string of the molecule is CC(C)(C)C(=O)OC[C@H]1O[C@@H](N)[C@H](OC(=O)C(C)(C)C)[C@@H](OC(=O)C(C)(C)C)[C@H]1OC(=O)C(C)(C)C. The van der Waals surface area contributed by atoms with Gasteiger partial charge in [-0.2, -0.15) is 0 Å². The van der Waals surface area contributed by atoms with Crippen LogP contribution in [0.2, 0.25) is 0 Å². The van der Waals surface area contributed by atoms with E-state index in [1.165, 1.54) is 0 Å². The standard InChI is InChI=1S/C26H45NO9/c1-23(2,3)19(28)32-13-14-15(34-20(29)24(4,5)6)16(35-21(30)25(7,8)9)17(18(27)33-14)36-22(31)26(10,11)12/h14-18H,13,27H2,1-12H3/t14-,15+,16+,17-,18-/m1/s1.